The zero-order valence-corrected chi connectivity index (χ0v) is 20.3. The van der Waals surface area contributed by atoms with Crippen molar-refractivity contribution in [1.82, 2.24) is 14.9 Å². The molecule has 0 bridgehead atoms. The van der Waals surface area contributed by atoms with E-state index in [1.807, 2.05) is 45.9 Å². The quantitative estimate of drug-likeness (QED) is 0.405. The monoisotopic (exact) mass is 435 g/mol. The molecule has 1 atom stereocenters. The number of carbonyl (C=O) groups excluding carboxylic acids is 1. The summed E-state index contributed by atoms with van der Waals surface area (Å²) in [5.41, 5.74) is 2.95. The highest BCUT2D eigenvalue weighted by Gasteiger charge is 2.25. The van der Waals surface area contributed by atoms with Crippen LogP contribution in [0, 0.1) is 5.41 Å². The van der Waals surface area contributed by atoms with Crippen LogP contribution in [0.3, 0.4) is 0 Å². The smallest absolute Gasteiger partial charge is 0.225 e. The van der Waals surface area contributed by atoms with Gasteiger partial charge in [0.15, 0.2) is 0 Å². The van der Waals surface area contributed by atoms with Gasteiger partial charge in [0.25, 0.3) is 0 Å². The van der Waals surface area contributed by atoms with E-state index in [4.69, 9.17) is 9.72 Å². The first-order valence-corrected chi connectivity index (χ1v) is 11.7. The number of aryl methyl sites for hydroxylation is 1. The summed E-state index contributed by atoms with van der Waals surface area (Å²) in [4.78, 5) is 17.3. The molecule has 172 valence electrons. The number of nitrogens with one attached hydrogen (secondary N) is 1. The van der Waals surface area contributed by atoms with E-state index in [9.17, 15) is 4.79 Å². The fourth-order valence-electron chi connectivity index (χ4n) is 3.65. The Balaban J connectivity index is 1.62. The second-order valence-corrected chi connectivity index (χ2v) is 9.83. The molecular weight excluding hydrogens is 398 g/mol. The Bertz CT molecular complexity index is 1030. The fraction of sp³-hybridized carbons (Fsp3) is 0.481. The molecule has 0 aliphatic carbocycles. The molecule has 0 saturated carbocycles. The summed E-state index contributed by atoms with van der Waals surface area (Å²) < 4.78 is 8.17. The minimum atomic E-state index is -0.435. The molecule has 0 aliphatic heterocycles. The third-order valence-electron chi connectivity index (χ3n) is 5.69. The molecule has 3 rings (SSSR count). The maximum absolute atomic E-state index is 12.5. The zero-order chi connectivity index (χ0) is 23.3. The molecule has 0 spiro atoms. The first-order chi connectivity index (χ1) is 15.2. The fourth-order valence-corrected chi connectivity index (χ4v) is 3.65. The Kier molecular flexibility index (Phi) is 7.60. The average Bonchev–Trinajstić information content (AvgIpc) is 3.12. The number of rotatable bonds is 9. The summed E-state index contributed by atoms with van der Waals surface area (Å²) in [5.74, 6) is 2.37. The molecular formula is C27H37N3O2. The van der Waals surface area contributed by atoms with Gasteiger partial charge in [0.2, 0.25) is 5.91 Å². The Morgan fingerprint density at radius 3 is 2.38 bits per heavy atom. The van der Waals surface area contributed by atoms with Gasteiger partial charge in [-0.05, 0) is 55.5 Å². The van der Waals surface area contributed by atoms with Gasteiger partial charge in [-0.25, -0.2) is 4.98 Å². The van der Waals surface area contributed by atoms with Gasteiger partial charge in [-0.15, -0.1) is 0 Å². The Labute approximate surface area is 192 Å². The second-order valence-electron chi connectivity index (χ2n) is 9.83. The summed E-state index contributed by atoms with van der Waals surface area (Å²) in [6.07, 6.45) is 1.91. The van der Waals surface area contributed by atoms with E-state index in [0.717, 1.165) is 42.0 Å². The molecule has 1 amide bonds. The lowest BCUT2D eigenvalue weighted by Crippen LogP contribution is -2.37. The van der Waals surface area contributed by atoms with Crippen molar-refractivity contribution in [3.05, 3.63) is 59.9 Å². The van der Waals surface area contributed by atoms with Crippen LogP contribution in [0.25, 0.3) is 11.0 Å². The van der Waals surface area contributed by atoms with Gasteiger partial charge in [0.05, 0.1) is 23.7 Å². The van der Waals surface area contributed by atoms with Crippen LogP contribution in [-0.2, 0) is 11.3 Å². The number of carbonyl (C=O) groups is 1. The number of ether oxygens (including phenoxy) is 1. The molecule has 1 N–H and O–H groups in total. The van der Waals surface area contributed by atoms with E-state index in [1.54, 1.807) is 0 Å². The van der Waals surface area contributed by atoms with Crippen molar-refractivity contribution in [3.63, 3.8) is 0 Å². The number of amides is 1. The third kappa shape index (κ3) is 5.90. The number of aromatic nitrogens is 2. The molecule has 0 saturated heterocycles. The number of imidazole rings is 1. The lowest BCUT2D eigenvalue weighted by atomic mass is 9.95. The van der Waals surface area contributed by atoms with Crippen molar-refractivity contribution in [1.29, 1.82) is 0 Å². The van der Waals surface area contributed by atoms with E-state index >= 15 is 0 Å². The number of benzene rings is 2. The third-order valence-corrected chi connectivity index (χ3v) is 5.69. The van der Waals surface area contributed by atoms with E-state index in [0.29, 0.717) is 12.5 Å². The van der Waals surface area contributed by atoms with Crippen LogP contribution in [0.5, 0.6) is 5.75 Å². The highest BCUT2D eigenvalue weighted by molar-refractivity contribution is 5.82. The highest BCUT2D eigenvalue weighted by Crippen LogP contribution is 2.23. The Hall–Kier alpha value is -2.82. The van der Waals surface area contributed by atoms with Gasteiger partial charge >= 0.3 is 0 Å². The van der Waals surface area contributed by atoms with Crippen molar-refractivity contribution in [2.45, 2.75) is 72.9 Å². The molecule has 5 nitrogen and oxygen atoms in total. The highest BCUT2D eigenvalue weighted by atomic mass is 16.5. The maximum Gasteiger partial charge on any atom is 0.225 e. The second kappa shape index (κ2) is 10.2. The molecule has 0 radical (unpaired) electrons. The van der Waals surface area contributed by atoms with Gasteiger partial charge < -0.3 is 14.6 Å². The van der Waals surface area contributed by atoms with Crippen molar-refractivity contribution in [3.8, 4) is 5.75 Å². The number of fused-ring (bicyclic) bond motifs is 1. The van der Waals surface area contributed by atoms with Crippen molar-refractivity contribution >= 4 is 16.9 Å². The van der Waals surface area contributed by atoms with E-state index in [-0.39, 0.29) is 11.9 Å². The predicted octanol–water partition coefficient (Wildman–Crippen LogP) is 6.24. The summed E-state index contributed by atoms with van der Waals surface area (Å²) in [6.45, 7) is 13.7. The van der Waals surface area contributed by atoms with Crippen molar-refractivity contribution in [2.75, 3.05) is 6.61 Å². The normalized spacial score (nSPS) is 12.8. The first kappa shape index (κ1) is 23.8. The van der Waals surface area contributed by atoms with Gasteiger partial charge in [0.1, 0.15) is 11.6 Å². The van der Waals surface area contributed by atoms with Crippen molar-refractivity contribution < 1.29 is 9.53 Å². The van der Waals surface area contributed by atoms with E-state index in [2.05, 4.69) is 54.1 Å². The number of nitrogens with zero attached hydrogens (tertiary/aromatic N) is 2. The summed E-state index contributed by atoms with van der Waals surface area (Å²) >= 11 is 0. The summed E-state index contributed by atoms with van der Waals surface area (Å²) in [5, 5.41) is 3.13. The minimum absolute atomic E-state index is 0.0282. The molecule has 1 aromatic heterocycles. The van der Waals surface area contributed by atoms with Crippen LogP contribution in [0.4, 0.5) is 0 Å². The number of hydrogen-bond donors (Lipinski definition) is 1. The topological polar surface area (TPSA) is 56.1 Å². The van der Waals surface area contributed by atoms with Gasteiger partial charge in [-0.2, -0.15) is 0 Å². The molecule has 2 aromatic carbocycles. The Morgan fingerprint density at radius 1 is 1.03 bits per heavy atom. The number of para-hydroxylation sites is 2. The molecule has 1 heterocycles. The molecule has 5 heteroatoms. The van der Waals surface area contributed by atoms with Crippen LogP contribution >= 0.6 is 0 Å². The maximum atomic E-state index is 12.5. The summed E-state index contributed by atoms with van der Waals surface area (Å²) in [6, 6.07) is 16.4. The number of unbranched alkanes of at least 4 members (excludes halogenated alkanes) is 1. The zero-order valence-electron chi connectivity index (χ0n) is 20.3. The van der Waals surface area contributed by atoms with Crippen molar-refractivity contribution in [2.24, 2.45) is 5.41 Å². The van der Waals surface area contributed by atoms with Gasteiger partial charge in [-0.3, -0.25) is 4.79 Å². The molecule has 3 aromatic rings. The number of hydrogen-bond acceptors (Lipinski definition) is 3. The molecule has 0 aliphatic rings. The predicted molar refractivity (Wildman–Crippen MR) is 131 cm³/mol. The van der Waals surface area contributed by atoms with Crippen LogP contribution < -0.4 is 10.1 Å². The lowest BCUT2D eigenvalue weighted by Gasteiger charge is -2.22. The average molecular weight is 436 g/mol. The van der Waals surface area contributed by atoms with Crippen LogP contribution in [-0.4, -0.2) is 22.1 Å². The molecule has 1 unspecified atom stereocenters. The Morgan fingerprint density at radius 2 is 1.72 bits per heavy atom. The van der Waals surface area contributed by atoms with Gasteiger partial charge in [-0.1, -0.05) is 58.9 Å². The van der Waals surface area contributed by atoms with Gasteiger partial charge in [0, 0.05) is 12.0 Å². The molecule has 32 heavy (non-hydrogen) atoms. The minimum Gasteiger partial charge on any atom is -0.494 e. The van der Waals surface area contributed by atoms with E-state index in [1.165, 1.54) is 5.56 Å². The largest absolute Gasteiger partial charge is 0.494 e. The SMILES string of the molecule is CC(C)c1ccc(OCCCCn2c(C(C)NC(=O)C(C)(C)C)nc3ccccc32)cc1. The van der Waals surface area contributed by atoms with Crippen LogP contribution in [0.2, 0.25) is 0 Å². The van der Waals surface area contributed by atoms with Crippen LogP contribution in [0.15, 0.2) is 48.5 Å². The lowest BCUT2D eigenvalue weighted by molar-refractivity contribution is -0.129. The summed E-state index contributed by atoms with van der Waals surface area (Å²) in [7, 11) is 0. The van der Waals surface area contributed by atoms with E-state index < -0.39 is 5.41 Å². The molecule has 0 fully saturated rings. The van der Waals surface area contributed by atoms with Crippen LogP contribution in [0.1, 0.15) is 77.7 Å². The standard InChI is InChI=1S/C27H37N3O2/c1-19(2)21-13-15-22(16-14-21)32-18-10-9-17-30-24-12-8-7-11-23(24)29-25(30)20(3)28-26(31)27(4,5)6/h7-8,11-16,19-20H,9-10,17-18H2,1-6H3,(H,28,31). The first-order valence-electron chi connectivity index (χ1n) is 11.7.